The van der Waals surface area contributed by atoms with E-state index in [2.05, 4.69) is 11.8 Å². The van der Waals surface area contributed by atoms with Gasteiger partial charge in [-0.15, -0.1) is 0 Å². The molecule has 2 aliphatic carbocycles. The Bertz CT molecular complexity index is 883. The van der Waals surface area contributed by atoms with E-state index in [0.29, 0.717) is 30.8 Å². The standard InChI is InChI=1S/C18H19FN2O2S/c1-2-20-8-9-21(12-16(20)13-6-4-3-5-7-13)24(22,23)17-11-14-10-15(14)18(17)19/h3-7,10-11,16H,2,8-9,12H2,1H3. The molecule has 1 atom stereocenters. The monoisotopic (exact) mass is 346 g/mol. The third-order valence-corrected chi connectivity index (χ3v) is 6.79. The van der Waals surface area contributed by atoms with Crippen molar-refractivity contribution in [2.24, 2.45) is 0 Å². The lowest BCUT2D eigenvalue weighted by atomic mass is 10.0. The first-order chi connectivity index (χ1) is 11.5. The van der Waals surface area contributed by atoms with E-state index >= 15 is 0 Å². The Hall–Kier alpha value is -1.76. The molecule has 1 unspecified atom stereocenters. The molecule has 6 heteroatoms. The smallest absolute Gasteiger partial charge is 0.246 e. The van der Waals surface area contributed by atoms with Gasteiger partial charge in [0.1, 0.15) is 4.90 Å². The summed E-state index contributed by atoms with van der Waals surface area (Å²) < 4.78 is 41.4. The second kappa shape index (κ2) is 5.65. The van der Waals surface area contributed by atoms with Crippen LogP contribution in [0, 0.1) is 5.82 Å². The van der Waals surface area contributed by atoms with E-state index in [1.165, 1.54) is 10.4 Å². The molecule has 126 valence electrons. The zero-order chi connectivity index (χ0) is 16.9. The largest absolute Gasteiger partial charge is 0.294 e. The van der Waals surface area contributed by atoms with E-state index in [0.717, 1.165) is 12.1 Å². The maximum atomic E-state index is 14.2. The summed E-state index contributed by atoms with van der Waals surface area (Å²) in [7, 11) is -3.79. The Kier molecular flexibility index (Phi) is 3.71. The van der Waals surface area contributed by atoms with E-state index in [1.54, 1.807) is 6.07 Å². The van der Waals surface area contributed by atoms with Crippen LogP contribution in [-0.4, -0.2) is 43.8 Å². The van der Waals surface area contributed by atoms with E-state index < -0.39 is 15.8 Å². The minimum absolute atomic E-state index is 0.00816. The van der Waals surface area contributed by atoms with Crippen molar-refractivity contribution in [3.63, 3.8) is 0 Å². The Morgan fingerprint density at radius 2 is 1.92 bits per heavy atom. The van der Waals surface area contributed by atoms with Gasteiger partial charge < -0.3 is 0 Å². The lowest BCUT2D eigenvalue weighted by Crippen LogP contribution is -2.50. The van der Waals surface area contributed by atoms with Gasteiger partial charge in [-0.2, -0.15) is 4.31 Å². The van der Waals surface area contributed by atoms with Gasteiger partial charge in [-0.3, -0.25) is 4.90 Å². The number of benzene rings is 2. The predicted octanol–water partition coefficient (Wildman–Crippen LogP) is 2.87. The fourth-order valence-corrected chi connectivity index (χ4v) is 5.03. The van der Waals surface area contributed by atoms with Gasteiger partial charge in [0.05, 0.1) is 0 Å². The number of halogens is 1. The maximum absolute atomic E-state index is 14.2. The molecule has 24 heavy (non-hydrogen) atoms. The molecule has 4 rings (SSSR count). The first kappa shape index (κ1) is 15.7. The lowest BCUT2D eigenvalue weighted by Gasteiger charge is -2.40. The van der Waals surface area contributed by atoms with Crippen LogP contribution in [0.1, 0.15) is 18.5 Å². The van der Waals surface area contributed by atoms with Crippen molar-refractivity contribution in [2.75, 3.05) is 26.2 Å². The quantitative estimate of drug-likeness (QED) is 0.729. The summed E-state index contributed by atoms with van der Waals surface area (Å²) in [5.41, 5.74) is 2.24. The molecule has 0 aromatic heterocycles. The molecule has 1 fully saturated rings. The van der Waals surface area contributed by atoms with Gasteiger partial charge in [0.25, 0.3) is 0 Å². The number of hydrogen-bond acceptors (Lipinski definition) is 3. The normalized spacial score (nSPS) is 21.0. The van der Waals surface area contributed by atoms with Crippen molar-refractivity contribution in [1.29, 1.82) is 0 Å². The van der Waals surface area contributed by atoms with Crippen LogP contribution in [0.4, 0.5) is 4.39 Å². The molecule has 0 radical (unpaired) electrons. The van der Waals surface area contributed by atoms with Gasteiger partial charge in [0, 0.05) is 31.2 Å². The van der Waals surface area contributed by atoms with Crippen molar-refractivity contribution in [3.8, 4) is 11.1 Å². The molecule has 0 amide bonds. The number of fused-ring (bicyclic) bond motifs is 1. The molecule has 1 aromatic carbocycles. The molecule has 0 bridgehead atoms. The van der Waals surface area contributed by atoms with Gasteiger partial charge in [-0.05, 0) is 29.8 Å². The summed E-state index contributed by atoms with van der Waals surface area (Å²) in [6, 6.07) is 13.0. The van der Waals surface area contributed by atoms with Gasteiger partial charge >= 0.3 is 0 Å². The Balaban J connectivity index is 1.65. The Morgan fingerprint density at radius 3 is 2.54 bits per heavy atom. The SMILES string of the molecule is CCN1CCN(S(=O)(=O)c2cc3cc-3c2F)CC1c1ccccc1. The van der Waals surface area contributed by atoms with Crippen molar-refractivity contribution < 1.29 is 12.8 Å². The van der Waals surface area contributed by atoms with Crippen LogP contribution < -0.4 is 0 Å². The van der Waals surface area contributed by atoms with Crippen molar-refractivity contribution >= 4 is 10.0 Å². The molecule has 1 saturated heterocycles. The number of piperazine rings is 1. The molecular weight excluding hydrogens is 327 g/mol. The first-order valence-corrected chi connectivity index (χ1v) is 9.59. The van der Waals surface area contributed by atoms with Gasteiger partial charge in [0.15, 0.2) is 5.82 Å². The number of sulfonamides is 1. The topological polar surface area (TPSA) is 40.6 Å². The molecule has 1 aliphatic heterocycles. The number of likely N-dealkylation sites (N-methyl/N-ethyl adjacent to an activating group) is 1. The fourth-order valence-electron chi connectivity index (χ4n) is 3.48. The fraction of sp³-hybridized carbons (Fsp3) is 0.333. The number of nitrogens with zero attached hydrogens (tertiary/aromatic N) is 2. The zero-order valence-corrected chi connectivity index (χ0v) is 14.3. The predicted molar refractivity (Wildman–Crippen MR) is 90.6 cm³/mol. The minimum Gasteiger partial charge on any atom is -0.294 e. The van der Waals surface area contributed by atoms with Crippen LogP contribution in [0.15, 0.2) is 47.4 Å². The van der Waals surface area contributed by atoms with Crippen molar-refractivity contribution in [2.45, 2.75) is 17.9 Å². The summed E-state index contributed by atoms with van der Waals surface area (Å²) in [5.74, 6) is -0.598. The molecular formula is C18H19FN2O2S. The average molecular weight is 346 g/mol. The lowest BCUT2D eigenvalue weighted by molar-refractivity contribution is 0.124. The molecule has 0 spiro atoms. The highest BCUT2D eigenvalue weighted by molar-refractivity contribution is 7.89. The van der Waals surface area contributed by atoms with Gasteiger partial charge in [0.2, 0.25) is 10.0 Å². The van der Waals surface area contributed by atoms with Crippen molar-refractivity contribution in [1.82, 2.24) is 9.21 Å². The average Bonchev–Trinajstić information content (AvgIpc) is 3.31. The van der Waals surface area contributed by atoms with Crippen LogP contribution in [0.2, 0.25) is 0 Å². The van der Waals surface area contributed by atoms with Crippen LogP contribution in [-0.2, 0) is 10.0 Å². The molecule has 3 aliphatic rings. The van der Waals surface area contributed by atoms with Crippen LogP contribution in [0.5, 0.6) is 0 Å². The molecule has 1 heterocycles. The molecule has 1 aromatic rings. The second-order valence-electron chi connectivity index (χ2n) is 6.25. The minimum atomic E-state index is -3.79. The van der Waals surface area contributed by atoms with E-state index in [9.17, 15) is 12.8 Å². The second-order valence-corrected chi connectivity index (χ2v) is 8.16. The Morgan fingerprint density at radius 1 is 1.17 bits per heavy atom. The summed E-state index contributed by atoms with van der Waals surface area (Å²) >= 11 is 0. The summed E-state index contributed by atoms with van der Waals surface area (Å²) in [4.78, 5) is 2.09. The third kappa shape index (κ3) is 2.46. The van der Waals surface area contributed by atoms with E-state index in [1.807, 2.05) is 30.3 Å². The highest BCUT2D eigenvalue weighted by atomic mass is 32.2. The maximum Gasteiger partial charge on any atom is 0.246 e. The van der Waals surface area contributed by atoms with Crippen LogP contribution in [0.25, 0.3) is 11.1 Å². The Labute approximate surface area is 141 Å². The summed E-state index contributed by atoms with van der Waals surface area (Å²) in [6.07, 6.45) is 0. The highest BCUT2D eigenvalue weighted by Crippen LogP contribution is 2.43. The van der Waals surface area contributed by atoms with Crippen LogP contribution in [0.3, 0.4) is 0 Å². The van der Waals surface area contributed by atoms with Crippen LogP contribution >= 0.6 is 0 Å². The van der Waals surface area contributed by atoms with E-state index in [4.69, 9.17) is 0 Å². The highest BCUT2D eigenvalue weighted by Gasteiger charge is 2.38. The third-order valence-electron chi connectivity index (χ3n) is 4.93. The first-order valence-electron chi connectivity index (χ1n) is 8.15. The van der Waals surface area contributed by atoms with E-state index in [-0.39, 0.29) is 10.9 Å². The summed E-state index contributed by atoms with van der Waals surface area (Å²) in [6.45, 7) is 4.30. The summed E-state index contributed by atoms with van der Waals surface area (Å²) in [5, 5.41) is 0. The zero-order valence-electron chi connectivity index (χ0n) is 13.4. The number of rotatable bonds is 4. The van der Waals surface area contributed by atoms with Gasteiger partial charge in [-0.1, -0.05) is 37.3 Å². The van der Waals surface area contributed by atoms with Crippen molar-refractivity contribution in [3.05, 3.63) is 53.8 Å². The number of hydrogen-bond donors (Lipinski definition) is 0. The van der Waals surface area contributed by atoms with Gasteiger partial charge in [-0.25, -0.2) is 12.8 Å². The molecule has 0 saturated carbocycles. The molecule has 0 N–H and O–H groups in total. The molecule has 4 nitrogen and oxygen atoms in total.